The first-order valence-electron chi connectivity index (χ1n) is 10.1. The summed E-state index contributed by atoms with van der Waals surface area (Å²) >= 11 is 1.49. The summed E-state index contributed by atoms with van der Waals surface area (Å²) < 4.78 is 0. The number of benzene rings is 1. The average Bonchev–Trinajstić information content (AvgIpc) is 3.17. The van der Waals surface area contributed by atoms with Gasteiger partial charge < -0.3 is 31.8 Å². The molecule has 0 aliphatic heterocycles. The Labute approximate surface area is 190 Å². The number of H-pyrrole nitrogens is 1. The minimum absolute atomic E-state index is 0.290. The first-order chi connectivity index (χ1) is 15.2. The van der Waals surface area contributed by atoms with Crippen LogP contribution in [0.25, 0.3) is 10.9 Å². The normalized spacial score (nSPS) is 13.7. The predicted octanol–water partition coefficient (Wildman–Crippen LogP) is -0.0189. The maximum atomic E-state index is 12.5. The molecule has 1 aromatic carbocycles. The topological polar surface area (TPSA) is 166 Å². The lowest BCUT2D eigenvalue weighted by Gasteiger charge is -2.22. The Hall–Kier alpha value is -3.05. The van der Waals surface area contributed by atoms with E-state index in [0.29, 0.717) is 12.2 Å². The van der Waals surface area contributed by atoms with Gasteiger partial charge in [-0.25, -0.2) is 0 Å². The highest BCUT2D eigenvalue weighted by atomic mass is 32.2. The molecule has 0 aliphatic carbocycles. The van der Waals surface area contributed by atoms with E-state index in [1.54, 1.807) is 6.20 Å². The van der Waals surface area contributed by atoms with Gasteiger partial charge in [-0.15, -0.1) is 0 Å². The number of hydrogen-bond acceptors (Lipinski definition) is 6. The highest BCUT2D eigenvalue weighted by molar-refractivity contribution is 7.98. The lowest BCUT2D eigenvalue weighted by atomic mass is 10.0. The van der Waals surface area contributed by atoms with Crippen molar-refractivity contribution in [1.82, 2.24) is 20.9 Å². The minimum Gasteiger partial charge on any atom is -0.480 e. The van der Waals surface area contributed by atoms with Crippen LogP contribution in [0.15, 0.2) is 30.5 Å². The molecule has 0 fully saturated rings. The molecule has 0 radical (unpaired) electrons. The molecule has 7 N–H and O–H groups in total. The maximum Gasteiger partial charge on any atom is 0.322 e. The van der Waals surface area contributed by atoms with Crippen LogP contribution in [0, 0.1) is 0 Å². The number of carbonyl (C=O) groups excluding carboxylic acids is 3. The number of nitrogens with one attached hydrogen (secondary N) is 4. The van der Waals surface area contributed by atoms with Crippen LogP contribution in [-0.4, -0.2) is 70.5 Å². The second kappa shape index (κ2) is 12.1. The number of carboxylic acid groups (broad SMARTS) is 1. The molecule has 0 bridgehead atoms. The van der Waals surface area contributed by atoms with Crippen LogP contribution in [0.5, 0.6) is 0 Å². The number of aliphatic carboxylic acids is 1. The Morgan fingerprint density at radius 3 is 2.53 bits per heavy atom. The van der Waals surface area contributed by atoms with Gasteiger partial charge in [0.05, 0.1) is 6.04 Å². The molecule has 1 heterocycles. The summed E-state index contributed by atoms with van der Waals surface area (Å²) in [5, 5.41) is 17.1. The van der Waals surface area contributed by atoms with E-state index in [-0.39, 0.29) is 6.42 Å². The standard InChI is InChI=1S/C21H29N5O5S/c1-12(19(29)26-17(7-8-32-2)21(31)24-11-18(27)28)25-20(30)15(22)9-13-10-23-16-6-4-3-5-14(13)16/h3-6,10,12,15,17,23H,7-9,11,22H2,1-2H3,(H,24,31)(H,25,30)(H,26,29)(H,27,28). The zero-order valence-electron chi connectivity index (χ0n) is 18.0. The fraction of sp³-hybridized carbons (Fsp3) is 0.429. The maximum absolute atomic E-state index is 12.5. The number of aromatic nitrogens is 1. The lowest BCUT2D eigenvalue weighted by molar-refractivity contribution is -0.138. The molecule has 3 atom stereocenters. The van der Waals surface area contributed by atoms with Crippen LogP contribution in [0.1, 0.15) is 18.9 Å². The van der Waals surface area contributed by atoms with Gasteiger partial charge in [-0.2, -0.15) is 11.8 Å². The van der Waals surface area contributed by atoms with Crippen molar-refractivity contribution in [2.75, 3.05) is 18.6 Å². The Bertz CT molecular complexity index is 963. The highest BCUT2D eigenvalue weighted by Gasteiger charge is 2.26. The van der Waals surface area contributed by atoms with Crippen LogP contribution in [0.4, 0.5) is 0 Å². The number of thioether (sulfide) groups is 1. The fourth-order valence-electron chi connectivity index (χ4n) is 3.10. The number of aromatic amines is 1. The number of para-hydroxylation sites is 1. The average molecular weight is 464 g/mol. The van der Waals surface area contributed by atoms with Crippen molar-refractivity contribution in [3.8, 4) is 0 Å². The Kier molecular flexibility index (Phi) is 9.54. The molecule has 11 heteroatoms. The van der Waals surface area contributed by atoms with E-state index in [0.717, 1.165) is 16.5 Å². The van der Waals surface area contributed by atoms with E-state index in [4.69, 9.17) is 10.8 Å². The van der Waals surface area contributed by atoms with Crippen molar-refractivity contribution in [1.29, 1.82) is 0 Å². The quantitative estimate of drug-likeness (QED) is 0.257. The third-order valence-electron chi connectivity index (χ3n) is 4.86. The van der Waals surface area contributed by atoms with Crippen molar-refractivity contribution < 1.29 is 24.3 Å². The summed E-state index contributed by atoms with van der Waals surface area (Å²) in [4.78, 5) is 51.1. The second-order valence-electron chi connectivity index (χ2n) is 7.35. The molecule has 0 aliphatic rings. The molecule has 3 amide bonds. The van der Waals surface area contributed by atoms with Gasteiger partial charge >= 0.3 is 5.97 Å². The van der Waals surface area contributed by atoms with Gasteiger partial charge in [-0.3, -0.25) is 19.2 Å². The molecule has 2 rings (SSSR count). The number of nitrogens with two attached hydrogens (primary N) is 1. The SMILES string of the molecule is CSCCC(NC(=O)C(C)NC(=O)C(N)Cc1c[nH]c2ccccc12)C(=O)NCC(=O)O. The van der Waals surface area contributed by atoms with Gasteiger partial charge in [0.1, 0.15) is 18.6 Å². The molecule has 0 spiro atoms. The Morgan fingerprint density at radius 1 is 1.12 bits per heavy atom. The number of rotatable bonds is 12. The summed E-state index contributed by atoms with van der Waals surface area (Å²) in [6.45, 7) is 0.950. The number of amides is 3. The number of fused-ring (bicyclic) bond motifs is 1. The van der Waals surface area contributed by atoms with Crippen LogP contribution < -0.4 is 21.7 Å². The monoisotopic (exact) mass is 463 g/mol. The molecule has 0 saturated carbocycles. The summed E-state index contributed by atoms with van der Waals surface area (Å²) in [6.07, 6.45) is 4.27. The summed E-state index contributed by atoms with van der Waals surface area (Å²) in [5.41, 5.74) is 7.89. The first kappa shape index (κ1) is 25.2. The van der Waals surface area contributed by atoms with E-state index in [1.165, 1.54) is 18.7 Å². The van der Waals surface area contributed by atoms with Gasteiger partial charge in [-0.1, -0.05) is 18.2 Å². The van der Waals surface area contributed by atoms with E-state index in [9.17, 15) is 19.2 Å². The smallest absolute Gasteiger partial charge is 0.322 e. The van der Waals surface area contributed by atoms with Crippen molar-refractivity contribution >= 4 is 46.4 Å². The summed E-state index contributed by atoms with van der Waals surface area (Å²) in [5.74, 6) is -2.24. The van der Waals surface area contributed by atoms with Gasteiger partial charge in [0, 0.05) is 17.1 Å². The Morgan fingerprint density at radius 2 is 1.84 bits per heavy atom. The van der Waals surface area contributed by atoms with Crippen molar-refractivity contribution in [3.05, 3.63) is 36.0 Å². The lowest BCUT2D eigenvalue weighted by Crippen LogP contribution is -2.55. The van der Waals surface area contributed by atoms with Crippen LogP contribution in [-0.2, 0) is 25.6 Å². The van der Waals surface area contributed by atoms with E-state index >= 15 is 0 Å². The second-order valence-corrected chi connectivity index (χ2v) is 8.34. The molecule has 1 aromatic heterocycles. The first-order valence-corrected chi connectivity index (χ1v) is 11.5. The van der Waals surface area contributed by atoms with Crippen LogP contribution in [0.2, 0.25) is 0 Å². The molecule has 0 saturated heterocycles. The zero-order valence-corrected chi connectivity index (χ0v) is 18.8. The number of carbonyl (C=O) groups is 4. The fourth-order valence-corrected chi connectivity index (χ4v) is 3.57. The third-order valence-corrected chi connectivity index (χ3v) is 5.50. The van der Waals surface area contributed by atoms with Gasteiger partial charge in [0.25, 0.3) is 0 Å². The van der Waals surface area contributed by atoms with E-state index in [2.05, 4.69) is 20.9 Å². The number of carboxylic acids is 1. The zero-order chi connectivity index (χ0) is 23.7. The molecule has 32 heavy (non-hydrogen) atoms. The molecular formula is C21H29N5O5S. The van der Waals surface area contributed by atoms with E-state index in [1.807, 2.05) is 30.5 Å². The van der Waals surface area contributed by atoms with Gasteiger partial charge in [0.2, 0.25) is 17.7 Å². The largest absolute Gasteiger partial charge is 0.480 e. The molecule has 174 valence electrons. The van der Waals surface area contributed by atoms with Crippen molar-refractivity contribution in [3.63, 3.8) is 0 Å². The highest BCUT2D eigenvalue weighted by Crippen LogP contribution is 2.18. The van der Waals surface area contributed by atoms with Crippen molar-refractivity contribution in [2.24, 2.45) is 5.73 Å². The Balaban J connectivity index is 1.92. The van der Waals surface area contributed by atoms with Crippen molar-refractivity contribution in [2.45, 2.75) is 37.9 Å². The van der Waals surface area contributed by atoms with Gasteiger partial charge in [0.15, 0.2) is 0 Å². The predicted molar refractivity (Wildman–Crippen MR) is 123 cm³/mol. The number of hydrogen-bond donors (Lipinski definition) is 6. The molecular weight excluding hydrogens is 434 g/mol. The summed E-state index contributed by atoms with van der Waals surface area (Å²) in [7, 11) is 0. The minimum atomic E-state index is -1.18. The van der Waals surface area contributed by atoms with Crippen LogP contribution in [0.3, 0.4) is 0 Å². The van der Waals surface area contributed by atoms with Gasteiger partial charge in [-0.05, 0) is 43.4 Å². The van der Waals surface area contributed by atoms with Crippen LogP contribution >= 0.6 is 11.8 Å². The van der Waals surface area contributed by atoms with E-state index < -0.39 is 48.4 Å². The summed E-state index contributed by atoms with van der Waals surface area (Å²) in [6, 6.07) is 4.97. The molecule has 10 nitrogen and oxygen atoms in total. The third kappa shape index (κ3) is 7.27. The molecule has 3 unspecified atom stereocenters. The molecule has 2 aromatic rings.